The van der Waals surface area contributed by atoms with Crippen LogP contribution in [0.4, 0.5) is 4.79 Å². The molecular weight excluding hydrogens is 867 g/mol. The lowest BCUT2D eigenvalue weighted by atomic mass is 10.2. The van der Waals surface area contributed by atoms with Crippen molar-refractivity contribution in [1.29, 1.82) is 0 Å². The number of hydrogen-bond donors (Lipinski definition) is 1. The Morgan fingerprint density at radius 3 is 1.31 bits per heavy atom. The SMILES string of the molecule is Cc1ccc(S(=O)(=O)OCCOCCOCCOCCOCCOCCOCCOCCOCCOCCOCCOCCn2cc(COCCN3CCN(C(=O)O)CC3)nn2)cc1. The molecule has 0 radical (unpaired) electrons. The van der Waals surface area contributed by atoms with Crippen LogP contribution in [0.5, 0.6) is 0 Å². The summed E-state index contributed by atoms with van der Waals surface area (Å²) in [5.41, 5.74) is 1.72. The Labute approximate surface area is 377 Å². The maximum Gasteiger partial charge on any atom is 0.407 e. The van der Waals surface area contributed by atoms with Gasteiger partial charge in [-0.3, -0.25) is 9.08 Å². The van der Waals surface area contributed by atoms with Crippen LogP contribution >= 0.6 is 0 Å². The van der Waals surface area contributed by atoms with Gasteiger partial charge in [-0.25, -0.2) is 9.48 Å². The standard InChI is InChI=1S/C41H71N5O17S/c1-38-2-4-40(5-3-38)64(49,50)63-35-34-61-33-32-60-31-30-59-29-28-58-27-26-57-25-24-56-23-22-55-21-20-54-19-18-53-17-16-52-15-14-51-13-11-46-36-39(42-43-46)37-62-12-10-44-6-8-45(9-7-44)41(47)48/h2-5,36H,6-35,37H2,1H3,(H,47,48). The molecule has 3 rings (SSSR count). The van der Waals surface area contributed by atoms with E-state index in [9.17, 15) is 13.2 Å². The smallest absolute Gasteiger partial charge is 0.407 e. The van der Waals surface area contributed by atoms with E-state index >= 15 is 0 Å². The minimum atomic E-state index is -3.79. The molecule has 0 saturated carbocycles. The molecule has 1 aromatic carbocycles. The third-order valence-electron chi connectivity index (χ3n) is 8.99. The van der Waals surface area contributed by atoms with Crippen molar-refractivity contribution in [2.75, 3.05) is 191 Å². The van der Waals surface area contributed by atoms with Gasteiger partial charge in [-0.05, 0) is 19.1 Å². The van der Waals surface area contributed by atoms with Crippen molar-refractivity contribution in [2.45, 2.75) is 25.0 Å². The van der Waals surface area contributed by atoms with Crippen LogP contribution in [-0.2, 0) is 84.3 Å². The van der Waals surface area contributed by atoms with E-state index in [1.54, 1.807) is 16.8 Å². The maximum absolute atomic E-state index is 12.1. The number of ether oxygens (including phenoxy) is 12. The van der Waals surface area contributed by atoms with Gasteiger partial charge in [-0.15, -0.1) is 5.10 Å². The number of rotatable bonds is 43. The molecule has 1 saturated heterocycles. The molecular formula is C41H71N5O17S. The van der Waals surface area contributed by atoms with Crippen LogP contribution in [-0.4, -0.2) is 236 Å². The fraction of sp³-hybridized carbons (Fsp3) is 0.780. The first kappa shape index (κ1) is 55.3. The second-order valence-electron chi connectivity index (χ2n) is 14.0. The monoisotopic (exact) mass is 937 g/mol. The molecule has 2 heterocycles. The highest BCUT2D eigenvalue weighted by atomic mass is 32.2. The van der Waals surface area contributed by atoms with E-state index in [1.165, 1.54) is 17.0 Å². The van der Waals surface area contributed by atoms with Crippen molar-refractivity contribution in [3.05, 3.63) is 41.7 Å². The van der Waals surface area contributed by atoms with Crippen LogP contribution in [0.2, 0.25) is 0 Å². The number of carboxylic acid groups (broad SMARTS) is 1. The van der Waals surface area contributed by atoms with Gasteiger partial charge in [0.1, 0.15) is 5.69 Å². The van der Waals surface area contributed by atoms with E-state index in [4.69, 9.17) is 66.1 Å². The molecule has 0 spiro atoms. The predicted octanol–water partition coefficient (Wildman–Crippen LogP) is 0.987. The minimum absolute atomic E-state index is 0.0675. The Bertz CT molecular complexity index is 1520. The molecule has 1 aliphatic heterocycles. The highest BCUT2D eigenvalue weighted by Gasteiger charge is 2.20. The summed E-state index contributed by atoms with van der Waals surface area (Å²) >= 11 is 0. The molecule has 1 amide bonds. The van der Waals surface area contributed by atoms with Crippen LogP contribution < -0.4 is 0 Å². The van der Waals surface area contributed by atoms with Crippen molar-refractivity contribution < 1.29 is 79.3 Å². The second-order valence-corrected chi connectivity index (χ2v) is 15.6. The zero-order valence-corrected chi connectivity index (χ0v) is 38.2. The second kappa shape index (κ2) is 37.1. The maximum atomic E-state index is 12.1. The molecule has 0 atom stereocenters. The summed E-state index contributed by atoms with van der Waals surface area (Å²) in [6.07, 6.45) is 0.977. The number of benzene rings is 1. The van der Waals surface area contributed by atoms with E-state index in [0.717, 1.165) is 17.8 Å². The summed E-state index contributed by atoms with van der Waals surface area (Å²) in [6.45, 7) is 16.1. The minimum Gasteiger partial charge on any atom is -0.465 e. The number of amides is 1. The van der Waals surface area contributed by atoms with Gasteiger partial charge in [0.2, 0.25) is 0 Å². The van der Waals surface area contributed by atoms with Crippen molar-refractivity contribution in [3.63, 3.8) is 0 Å². The van der Waals surface area contributed by atoms with Crippen molar-refractivity contribution in [2.24, 2.45) is 0 Å². The third-order valence-corrected chi connectivity index (χ3v) is 10.3. The van der Waals surface area contributed by atoms with Gasteiger partial charge >= 0.3 is 6.09 Å². The number of aryl methyl sites for hydroxylation is 1. The molecule has 64 heavy (non-hydrogen) atoms. The first-order valence-electron chi connectivity index (χ1n) is 21.8. The van der Waals surface area contributed by atoms with Crippen molar-refractivity contribution >= 4 is 16.2 Å². The zero-order valence-electron chi connectivity index (χ0n) is 37.4. The van der Waals surface area contributed by atoms with E-state index in [-0.39, 0.29) is 18.1 Å². The van der Waals surface area contributed by atoms with Gasteiger partial charge in [-0.1, -0.05) is 22.9 Å². The molecule has 0 unspecified atom stereocenters. The zero-order chi connectivity index (χ0) is 45.6. The summed E-state index contributed by atoms with van der Waals surface area (Å²) in [7, 11) is -3.79. The molecule has 2 aromatic rings. The summed E-state index contributed by atoms with van der Waals surface area (Å²) in [5, 5.41) is 17.3. The molecule has 1 fully saturated rings. The Morgan fingerprint density at radius 2 is 0.906 bits per heavy atom. The Balaban J connectivity index is 0.916. The van der Waals surface area contributed by atoms with Crippen molar-refractivity contribution in [1.82, 2.24) is 24.8 Å². The highest BCUT2D eigenvalue weighted by molar-refractivity contribution is 7.86. The van der Waals surface area contributed by atoms with Crippen LogP contribution in [0, 0.1) is 6.92 Å². The molecule has 1 aliphatic rings. The predicted molar refractivity (Wildman–Crippen MR) is 229 cm³/mol. The fourth-order valence-corrected chi connectivity index (χ4v) is 6.37. The van der Waals surface area contributed by atoms with Gasteiger partial charge in [0.15, 0.2) is 0 Å². The molecule has 22 nitrogen and oxygen atoms in total. The lowest BCUT2D eigenvalue weighted by Gasteiger charge is -2.32. The van der Waals surface area contributed by atoms with Gasteiger partial charge in [0.05, 0.1) is 183 Å². The van der Waals surface area contributed by atoms with Crippen LogP contribution in [0.3, 0.4) is 0 Å². The number of piperazine rings is 1. The van der Waals surface area contributed by atoms with E-state index in [1.807, 2.05) is 13.1 Å². The molecule has 0 aliphatic carbocycles. The Hall–Kier alpha value is -2.98. The van der Waals surface area contributed by atoms with Crippen LogP contribution in [0.1, 0.15) is 11.3 Å². The molecule has 0 bridgehead atoms. The lowest BCUT2D eigenvalue weighted by molar-refractivity contribution is -0.0277. The first-order chi connectivity index (χ1) is 31.3. The summed E-state index contributed by atoms with van der Waals surface area (Å²) in [4.78, 5) is 14.7. The van der Waals surface area contributed by atoms with Crippen molar-refractivity contribution in [3.8, 4) is 0 Å². The quantitative estimate of drug-likeness (QED) is 0.0722. The first-order valence-corrected chi connectivity index (χ1v) is 23.2. The van der Waals surface area contributed by atoms with Gasteiger partial charge in [-0.2, -0.15) is 8.42 Å². The van der Waals surface area contributed by atoms with Crippen LogP contribution in [0.25, 0.3) is 0 Å². The molecule has 1 aromatic heterocycles. The van der Waals surface area contributed by atoms with E-state index in [0.29, 0.717) is 185 Å². The summed E-state index contributed by atoms with van der Waals surface area (Å²) in [6, 6.07) is 6.47. The summed E-state index contributed by atoms with van der Waals surface area (Å²) < 4.78 is 97.0. The van der Waals surface area contributed by atoms with Gasteiger partial charge in [0.25, 0.3) is 10.1 Å². The average molecular weight is 938 g/mol. The fourth-order valence-electron chi connectivity index (χ4n) is 5.48. The van der Waals surface area contributed by atoms with Crippen LogP contribution in [0.15, 0.2) is 35.4 Å². The lowest BCUT2D eigenvalue weighted by Crippen LogP contribution is -2.48. The largest absolute Gasteiger partial charge is 0.465 e. The average Bonchev–Trinajstić information content (AvgIpc) is 3.75. The van der Waals surface area contributed by atoms with Gasteiger partial charge in [0, 0.05) is 32.7 Å². The normalized spacial score (nSPS) is 13.6. The Kier molecular flexibility index (Phi) is 32.1. The third kappa shape index (κ3) is 28.8. The topological polar surface area (TPSA) is 229 Å². The molecule has 23 heteroatoms. The number of carbonyl (C=O) groups is 1. The number of aromatic nitrogens is 3. The number of nitrogens with zero attached hydrogens (tertiary/aromatic N) is 5. The summed E-state index contributed by atoms with van der Waals surface area (Å²) in [5.74, 6) is 0. The molecule has 368 valence electrons. The van der Waals surface area contributed by atoms with E-state index in [2.05, 4.69) is 15.2 Å². The highest BCUT2D eigenvalue weighted by Crippen LogP contribution is 2.13. The molecule has 1 N–H and O–H groups in total. The van der Waals surface area contributed by atoms with Gasteiger partial charge < -0.3 is 66.8 Å². The Morgan fingerprint density at radius 1 is 0.531 bits per heavy atom. The number of hydrogen-bond acceptors (Lipinski definition) is 19. The van der Waals surface area contributed by atoms with E-state index < -0.39 is 16.2 Å².